The third kappa shape index (κ3) is 4.72. The first kappa shape index (κ1) is 26.4. The second-order valence-electron chi connectivity index (χ2n) is 10.9. The molecule has 2 N–H and O–H groups in total. The van der Waals surface area contributed by atoms with Gasteiger partial charge in [0, 0.05) is 24.5 Å². The van der Waals surface area contributed by atoms with E-state index in [4.69, 9.17) is 4.74 Å². The van der Waals surface area contributed by atoms with Crippen LogP contribution in [0.4, 0.5) is 17.1 Å². The molecule has 0 unspecified atom stereocenters. The maximum atomic E-state index is 13.6. The Balaban J connectivity index is 1.22. The van der Waals surface area contributed by atoms with Gasteiger partial charge in [0.05, 0.1) is 24.6 Å². The minimum atomic E-state index is -4.04. The molecule has 210 valence electrons. The minimum Gasteiger partial charge on any atom is -0.497 e. The number of rotatable bonds is 8. The van der Waals surface area contributed by atoms with E-state index < -0.39 is 22.5 Å². The highest BCUT2D eigenvalue weighted by molar-refractivity contribution is 7.92. The van der Waals surface area contributed by atoms with E-state index in [2.05, 4.69) is 10.0 Å². The summed E-state index contributed by atoms with van der Waals surface area (Å²) in [6, 6.07) is 11.3. The van der Waals surface area contributed by atoms with Crippen LogP contribution in [-0.4, -0.2) is 57.8 Å². The molecule has 40 heavy (non-hydrogen) atoms. The second kappa shape index (κ2) is 10.3. The SMILES string of the molecule is COc1ccc(NS(=O)(=O)c2cc(NC(=O)CN3C(=O)[C@@H]4[C@@H](C3=O)[C@H]3C=C[C@@H]4C3)ccc2N2CCCCC2)cc1. The van der Waals surface area contributed by atoms with Crippen LogP contribution in [0.3, 0.4) is 0 Å². The molecule has 4 aliphatic rings. The van der Waals surface area contributed by atoms with Crippen molar-refractivity contribution < 1.29 is 27.5 Å². The van der Waals surface area contributed by atoms with Crippen LogP contribution in [0, 0.1) is 23.7 Å². The fourth-order valence-electron chi connectivity index (χ4n) is 6.54. The van der Waals surface area contributed by atoms with Crippen molar-refractivity contribution in [2.45, 2.75) is 30.6 Å². The Morgan fingerprint density at radius 2 is 1.55 bits per heavy atom. The highest BCUT2D eigenvalue weighted by Crippen LogP contribution is 2.52. The summed E-state index contributed by atoms with van der Waals surface area (Å²) in [6.45, 7) is 1.06. The predicted molar refractivity (Wildman–Crippen MR) is 149 cm³/mol. The van der Waals surface area contributed by atoms with E-state index in [1.165, 1.54) is 13.2 Å². The number of carbonyl (C=O) groups excluding carboxylic acids is 3. The number of carbonyl (C=O) groups is 3. The molecule has 0 aromatic heterocycles. The molecule has 3 amide bonds. The lowest BCUT2D eigenvalue weighted by atomic mass is 9.85. The summed E-state index contributed by atoms with van der Waals surface area (Å²) in [7, 11) is -2.50. The Hall–Kier alpha value is -3.86. The molecule has 10 nitrogen and oxygen atoms in total. The molecule has 4 atom stereocenters. The lowest BCUT2D eigenvalue weighted by Crippen LogP contribution is -2.39. The molecular weight excluding hydrogens is 532 g/mol. The molecule has 2 bridgehead atoms. The Bertz CT molecular complexity index is 1450. The molecule has 2 saturated heterocycles. The van der Waals surface area contributed by atoms with E-state index in [1.807, 2.05) is 17.1 Å². The van der Waals surface area contributed by atoms with E-state index in [0.29, 0.717) is 17.1 Å². The van der Waals surface area contributed by atoms with E-state index in [-0.39, 0.29) is 46.1 Å². The number of likely N-dealkylation sites (tertiary alicyclic amines) is 1. The lowest BCUT2D eigenvalue weighted by Gasteiger charge is -2.30. The molecule has 0 radical (unpaired) electrons. The maximum absolute atomic E-state index is 13.6. The van der Waals surface area contributed by atoms with Crippen molar-refractivity contribution in [1.29, 1.82) is 0 Å². The first-order chi connectivity index (χ1) is 19.2. The smallest absolute Gasteiger partial charge is 0.264 e. The van der Waals surface area contributed by atoms with Crippen LogP contribution in [0.1, 0.15) is 25.7 Å². The molecular formula is C29H32N4O6S. The third-order valence-electron chi connectivity index (χ3n) is 8.44. The van der Waals surface area contributed by atoms with Crippen LogP contribution in [0.5, 0.6) is 5.75 Å². The summed E-state index contributed by atoms with van der Waals surface area (Å²) in [6.07, 6.45) is 7.84. The van der Waals surface area contributed by atoms with Gasteiger partial charge in [-0.25, -0.2) is 8.42 Å². The van der Waals surface area contributed by atoms with Crippen LogP contribution < -0.4 is 19.7 Å². The van der Waals surface area contributed by atoms with Crippen molar-refractivity contribution in [1.82, 2.24) is 4.90 Å². The monoisotopic (exact) mass is 564 g/mol. The molecule has 11 heteroatoms. The molecule has 2 heterocycles. The highest BCUT2D eigenvalue weighted by atomic mass is 32.2. The fourth-order valence-corrected chi connectivity index (χ4v) is 7.85. The van der Waals surface area contributed by atoms with Gasteiger partial charge < -0.3 is 15.0 Å². The van der Waals surface area contributed by atoms with Crippen molar-refractivity contribution >= 4 is 44.8 Å². The molecule has 3 fully saturated rings. The molecule has 2 aromatic carbocycles. The van der Waals surface area contributed by atoms with Crippen molar-refractivity contribution in [2.24, 2.45) is 23.7 Å². The number of hydrogen-bond donors (Lipinski definition) is 2. The first-order valence-corrected chi connectivity index (χ1v) is 15.1. The number of amides is 3. The van der Waals surface area contributed by atoms with Crippen LogP contribution >= 0.6 is 0 Å². The topological polar surface area (TPSA) is 125 Å². The van der Waals surface area contributed by atoms with Crippen LogP contribution in [0.2, 0.25) is 0 Å². The van der Waals surface area contributed by atoms with Gasteiger partial charge in [-0.2, -0.15) is 0 Å². The normalized spacial score (nSPS) is 25.3. The van der Waals surface area contributed by atoms with Gasteiger partial charge in [0.15, 0.2) is 0 Å². The third-order valence-corrected chi connectivity index (χ3v) is 9.85. The average Bonchev–Trinajstić information content (AvgIpc) is 3.64. The Kier molecular flexibility index (Phi) is 6.77. The zero-order valence-corrected chi connectivity index (χ0v) is 23.0. The number of methoxy groups -OCH3 is 1. The fraction of sp³-hybridized carbons (Fsp3) is 0.414. The van der Waals surface area contributed by atoms with Gasteiger partial charge in [-0.1, -0.05) is 12.2 Å². The van der Waals surface area contributed by atoms with Crippen molar-refractivity contribution in [2.75, 3.05) is 41.7 Å². The summed E-state index contributed by atoms with van der Waals surface area (Å²) in [4.78, 5) is 42.1. The van der Waals surface area contributed by atoms with Gasteiger partial charge in [-0.3, -0.25) is 24.0 Å². The van der Waals surface area contributed by atoms with Crippen LogP contribution in [0.15, 0.2) is 59.5 Å². The minimum absolute atomic E-state index is 0.0357. The van der Waals surface area contributed by atoms with E-state index in [9.17, 15) is 22.8 Å². The Morgan fingerprint density at radius 1 is 0.925 bits per heavy atom. The summed E-state index contributed by atoms with van der Waals surface area (Å²) >= 11 is 0. The number of nitrogens with zero attached hydrogens (tertiary/aromatic N) is 2. The van der Waals surface area contributed by atoms with Crippen LogP contribution in [0.25, 0.3) is 0 Å². The number of benzene rings is 2. The molecule has 1 saturated carbocycles. The van der Waals surface area contributed by atoms with Gasteiger partial charge in [0.1, 0.15) is 17.2 Å². The zero-order valence-electron chi connectivity index (χ0n) is 22.2. The molecule has 2 aliphatic carbocycles. The van der Waals surface area contributed by atoms with Gasteiger partial charge in [0.25, 0.3) is 10.0 Å². The van der Waals surface area contributed by atoms with E-state index >= 15 is 0 Å². The number of ether oxygens (including phenoxy) is 1. The van der Waals surface area contributed by atoms with Crippen molar-refractivity contribution in [3.63, 3.8) is 0 Å². The molecule has 0 spiro atoms. The van der Waals surface area contributed by atoms with Gasteiger partial charge in [0.2, 0.25) is 17.7 Å². The molecule has 2 aromatic rings. The van der Waals surface area contributed by atoms with E-state index in [1.54, 1.807) is 36.4 Å². The number of sulfonamides is 1. The van der Waals surface area contributed by atoms with Crippen molar-refractivity contribution in [3.8, 4) is 5.75 Å². The Labute approximate surface area is 233 Å². The maximum Gasteiger partial charge on any atom is 0.264 e. The lowest BCUT2D eigenvalue weighted by molar-refractivity contribution is -0.143. The highest BCUT2D eigenvalue weighted by Gasteiger charge is 2.59. The van der Waals surface area contributed by atoms with E-state index in [0.717, 1.165) is 43.7 Å². The van der Waals surface area contributed by atoms with Gasteiger partial charge in [-0.05, 0) is 80.0 Å². The number of hydrogen-bond acceptors (Lipinski definition) is 7. The Morgan fingerprint density at radius 3 is 2.17 bits per heavy atom. The number of piperidine rings is 1. The van der Waals surface area contributed by atoms with Crippen molar-refractivity contribution in [3.05, 3.63) is 54.6 Å². The number of imide groups is 1. The quantitative estimate of drug-likeness (QED) is 0.373. The number of fused-ring (bicyclic) bond motifs is 5. The average molecular weight is 565 g/mol. The second-order valence-corrected chi connectivity index (χ2v) is 12.5. The van der Waals surface area contributed by atoms with Crippen LogP contribution in [-0.2, 0) is 24.4 Å². The largest absolute Gasteiger partial charge is 0.497 e. The standard InChI is InChI=1S/C29H32N4O6S/c1-39-22-10-7-20(8-11-22)31-40(37,38)24-16-21(9-12-23(24)32-13-3-2-4-14-32)30-25(34)17-33-28(35)26-18-5-6-19(15-18)27(26)29(33)36/h5-12,16,18-19,26-27,31H,2-4,13-15,17H2,1H3,(H,30,34)/t18-,19+,26-,27-/m0/s1. The first-order valence-electron chi connectivity index (χ1n) is 13.6. The number of nitrogens with one attached hydrogen (secondary N) is 2. The summed E-state index contributed by atoms with van der Waals surface area (Å²) in [5.41, 5.74) is 1.20. The predicted octanol–water partition coefficient (Wildman–Crippen LogP) is 3.23. The zero-order chi connectivity index (χ0) is 28.0. The summed E-state index contributed by atoms with van der Waals surface area (Å²) in [5.74, 6) is -1.17. The molecule has 6 rings (SSSR count). The number of allylic oxidation sites excluding steroid dienone is 2. The molecule has 2 aliphatic heterocycles. The summed E-state index contributed by atoms with van der Waals surface area (Å²) in [5, 5.41) is 2.71. The van der Waals surface area contributed by atoms with Gasteiger partial charge >= 0.3 is 0 Å². The summed E-state index contributed by atoms with van der Waals surface area (Å²) < 4.78 is 35.0. The van der Waals surface area contributed by atoms with Gasteiger partial charge in [-0.15, -0.1) is 0 Å². The number of anilines is 3.